The quantitative estimate of drug-likeness (QED) is 0.800. The predicted octanol–water partition coefficient (Wildman–Crippen LogP) is 2.38. The third kappa shape index (κ3) is 5.73. The zero-order valence-corrected chi connectivity index (χ0v) is 13.4. The number of hydrogen-bond acceptors (Lipinski definition) is 4. The van der Waals surface area contributed by atoms with Crippen molar-refractivity contribution in [2.24, 2.45) is 0 Å². The van der Waals surface area contributed by atoms with Crippen LogP contribution in [-0.4, -0.2) is 38.9 Å². The van der Waals surface area contributed by atoms with E-state index in [4.69, 9.17) is 14.2 Å². The molecule has 0 spiro atoms. The molecule has 0 bridgehead atoms. The van der Waals surface area contributed by atoms with Gasteiger partial charge in [-0.2, -0.15) is 0 Å². The molecule has 5 heteroatoms. The predicted molar refractivity (Wildman–Crippen MR) is 81.7 cm³/mol. The summed E-state index contributed by atoms with van der Waals surface area (Å²) in [6.07, 6.45) is 0.119. The molecule has 1 aromatic carbocycles. The average Bonchev–Trinajstić information content (AvgIpc) is 2.44. The standard InChI is InChI=1S/C16H25NO4/c1-11(2)21-10-14-8-13(6-7-15(14)20-5)16(18)17-12(3)9-19-4/h6-8,11-12H,9-10H2,1-5H3,(H,17,18). The minimum absolute atomic E-state index is 0.0417. The van der Waals surface area contributed by atoms with Crippen molar-refractivity contribution < 1.29 is 19.0 Å². The topological polar surface area (TPSA) is 56.8 Å². The molecule has 0 fully saturated rings. The van der Waals surface area contributed by atoms with Crippen molar-refractivity contribution in [2.75, 3.05) is 20.8 Å². The van der Waals surface area contributed by atoms with Gasteiger partial charge in [-0.05, 0) is 39.0 Å². The molecule has 0 aliphatic rings. The zero-order valence-electron chi connectivity index (χ0n) is 13.4. The van der Waals surface area contributed by atoms with Crippen molar-refractivity contribution in [1.29, 1.82) is 0 Å². The molecular formula is C16H25NO4. The zero-order chi connectivity index (χ0) is 15.8. The second-order valence-electron chi connectivity index (χ2n) is 5.22. The van der Waals surface area contributed by atoms with Crippen molar-refractivity contribution in [3.63, 3.8) is 0 Å². The summed E-state index contributed by atoms with van der Waals surface area (Å²) < 4.78 is 15.9. The summed E-state index contributed by atoms with van der Waals surface area (Å²) in [5.74, 6) is 0.588. The lowest BCUT2D eigenvalue weighted by atomic mass is 10.1. The molecule has 0 heterocycles. The third-order valence-electron chi connectivity index (χ3n) is 2.91. The van der Waals surface area contributed by atoms with E-state index in [0.717, 1.165) is 11.3 Å². The largest absolute Gasteiger partial charge is 0.496 e. The lowest BCUT2D eigenvalue weighted by Crippen LogP contribution is -2.35. The number of carbonyl (C=O) groups is 1. The Bertz CT molecular complexity index is 460. The van der Waals surface area contributed by atoms with E-state index in [2.05, 4.69) is 5.32 Å². The van der Waals surface area contributed by atoms with Gasteiger partial charge in [-0.1, -0.05) is 0 Å². The first kappa shape index (κ1) is 17.5. The SMILES string of the molecule is COCC(C)NC(=O)c1ccc(OC)c(COC(C)C)c1. The third-order valence-corrected chi connectivity index (χ3v) is 2.91. The number of ether oxygens (including phenoxy) is 3. The summed E-state index contributed by atoms with van der Waals surface area (Å²) in [6, 6.07) is 5.29. The van der Waals surface area contributed by atoms with Crippen molar-refractivity contribution in [1.82, 2.24) is 5.32 Å². The van der Waals surface area contributed by atoms with Crippen molar-refractivity contribution in [3.05, 3.63) is 29.3 Å². The van der Waals surface area contributed by atoms with Crippen LogP contribution >= 0.6 is 0 Å². The fraction of sp³-hybridized carbons (Fsp3) is 0.562. The van der Waals surface area contributed by atoms with Crippen molar-refractivity contribution in [3.8, 4) is 5.75 Å². The van der Waals surface area contributed by atoms with Gasteiger partial charge in [-0.3, -0.25) is 4.79 Å². The van der Waals surface area contributed by atoms with Crippen LogP contribution in [0.2, 0.25) is 0 Å². The number of rotatable bonds is 8. The van der Waals surface area contributed by atoms with Crippen LogP contribution in [0.5, 0.6) is 5.75 Å². The van der Waals surface area contributed by atoms with Gasteiger partial charge in [-0.15, -0.1) is 0 Å². The smallest absolute Gasteiger partial charge is 0.251 e. The molecule has 0 aromatic heterocycles. The second kappa shape index (κ2) is 8.64. The first-order chi connectivity index (χ1) is 9.97. The lowest BCUT2D eigenvalue weighted by molar-refractivity contribution is 0.0644. The van der Waals surface area contributed by atoms with Crippen LogP contribution in [-0.2, 0) is 16.1 Å². The number of methoxy groups -OCH3 is 2. The van der Waals surface area contributed by atoms with Crippen LogP contribution in [0.3, 0.4) is 0 Å². The summed E-state index contributed by atoms with van der Waals surface area (Å²) in [5, 5.41) is 2.88. The Hall–Kier alpha value is -1.59. The van der Waals surface area contributed by atoms with E-state index in [9.17, 15) is 4.79 Å². The van der Waals surface area contributed by atoms with Gasteiger partial charge in [0.05, 0.1) is 26.4 Å². The van der Waals surface area contributed by atoms with Crippen LogP contribution in [0.25, 0.3) is 0 Å². The highest BCUT2D eigenvalue weighted by Crippen LogP contribution is 2.21. The van der Waals surface area contributed by atoms with Gasteiger partial charge in [0, 0.05) is 24.3 Å². The van der Waals surface area contributed by atoms with Crippen molar-refractivity contribution in [2.45, 2.75) is 39.5 Å². The molecule has 0 aliphatic heterocycles. The van der Waals surface area contributed by atoms with Gasteiger partial charge in [0.2, 0.25) is 0 Å². The first-order valence-corrected chi connectivity index (χ1v) is 7.06. The Morgan fingerprint density at radius 1 is 1.24 bits per heavy atom. The minimum atomic E-state index is -0.131. The number of amides is 1. The average molecular weight is 295 g/mol. The van der Waals surface area contributed by atoms with Gasteiger partial charge in [0.25, 0.3) is 5.91 Å². The van der Waals surface area contributed by atoms with Crippen LogP contribution in [0.15, 0.2) is 18.2 Å². The van der Waals surface area contributed by atoms with Crippen LogP contribution < -0.4 is 10.1 Å². The molecule has 21 heavy (non-hydrogen) atoms. The van der Waals surface area contributed by atoms with Crippen molar-refractivity contribution >= 4 is 5.91 Å². The normalized spacial score (nSPS) is 12.3. The van der Waals surface area contributed by atoms with E-state index in [-0.39, 0.29) is 18.1 Å². The Morgan fingerprint density at radius 2 is 1.95 bits per heavy atom. The van der Waals surface area contributed by atoms with E-state index in [1.54, 1.807) is 32.4 Å². The molecule has 1 aromatic rings. The monoisotopic (exact) mass is 295 g/mol. The Kier molecular flexibility index (Phi) is 7.19. The maximum atomic E-state index is 12.2. The maximum Gasteiger partial charge on any atom is 0.251 e. The molecular weight excluding hydrogens is 270 g/mol. The fourth-order valence-corrected chi connectivity index (χ4v) is 1.89. The minimum Gasteiger partial charge on any atom is -0.496 e. The molecule has 1 atom stereocenters. The Morgan fingerprint density at radius 3 is 2.52 bits per heavy atom. The van der Waals surface area contributed by atoms with Crippen LogP contribution in [0.4, 0.5) is 0 Å². The molecule has 118 valence electrons. The molecule has 1 unspecified atom stereocenters. The number of nitrogens with one attached hydrogen (secondary N) is 1. The van der Waals surface area contributed by atoms with E-state index in [0.29, 0.717) is 18.8 Å². The van der Waals surface area contributed by atoms with Gasteiger partial charge >= 0.3 is 0 Å². The summed E-state index contributed by atoms with van der Waals surface area (Å²) in [5.41, 5.74) is 1.44. The van der Waals surface area contributed by atoms with E-state index < -0.39 is 0 Å². The second-order valence-corrected chi connectivity index (χ2v) is 5.22. The Labute approximate surface area is 126 Å². The molecule has 5 nitrogen and oxygen atoms in total. The van der Waals surface area contributed by atoms with Gasteiger partial charge in [0.1, 0.15) is 5.75 Å². The van der Waals surface area contributed by atoms with Crippen LogP contribution in [0, 0.1) is 0 Å². The number of hydrogen-bond donors (Lipinski definition) is 1. The summed E-state index contributed by atoms with van der Waals surface area (Å²) in [6.45, 7) is 6.72. The molecule has 1 rings (SSSR count). The summed E-state index contributed by atoms with van der Waals surface area (Å²) in [4.78, 5) is 12.2. The highest BCUT2D eigenvalue weighted by atomic mass is 16.5. The highest BCUT2D eigenvalue weighted by molar-refractivity contribution is 5.94. The molecule has 1 N–H and O–H groups in total. The molecule has 0 aliphatic carbocycles. The van der Waals surface area contributed by atoms with Gasteiger partial charge in [0.15, 0.2) is 0 Å². The number of carbonyl (C=O) groups excluding carboxylic acids is 1. The van der Waals surface area contributed by atoms with Gasteiger partial charge < -0.3 is 19.5 Å². The van der Waals surface area contributed by atoms with E-state index in [1.807, 2.05) is 20.8 Å². The van der Waals surface area contributed by atoms with Crippen LogP contribution in [0.1, 0.15) is 36.7 Å². The maximum absolute atomic E-state index is 12.2. The Balaban J connectivity index is 2.83. The summed E-state index contributed by atoms with van der Waals surface area (Å²) in [7, 11) is 3.21. The molecule has 0 radical (unpaired) electrons. The summed E-state index contributed by atoms with van der Waals surface area (Å²) >= 11 is 0. The fourth-order valence-electron chi connectivity index (χ4n) is 1.89. The lowest BCUT2D eigenvalue weighted by Gasteiger charge is -2.15. The molecule has 1 amide bonds. The van der Waals surface area contributed by atoms with E-state index >= 15 is 0 Å². The van der Waals surface area contributed by atoms with E-state index in [1.165, 1.54) is 0 Å². The molecule has 0 saturated heterocycles. The highest BCUT2D eigenvalue weighted by Gasteiger charge is 2.13. The van der Waals surface area contributed by atoms with Gasteiger partial charge in [-0.25, -0.2) is 0 Å². The molecule has 0 saturated carbocycles. The number of benzene rings is 1. The first-order valence-electron chi connectivity index (χ1n) is 7.06.